The summed E-state index contributed by atoms with van der Waals surface area (Å²) >= 11 is 0. The molecule has 0 radical (unpaired) electrons. The highest BCUT2D eigenvalue weighted by molar-refractivity contribution is 7.62. The van der Waals surface area contributed by atoms with Crippen LogP contribution in [-0.4, -0.2) is 64.7 Å². The van der Waals surface area contributed by atoms with Crippen molar-refractivity contribution in [3.05, 3.63) is 47.8 Å². The van der Waals surface area contributed by atoms with Crippen LogP contribution in [0, 0.1) is 0 Å². The minimum absolute atomic E-state index is 0.192. The average molecular weight is 448 g/mol. The molecule has 0 bridgehead atoms. The molecule has 0 amide bonds. The number of hydroxylamine groups is 2. The van der Waals surface area contributed by atoms with E-state index < -0.39 is 13.5 Å². The van der Waals surface area contributed by atoms with Gasteiger partial charge in [-0.15, -0.1) is 0 Å². The van der Waals surface area contributed by atoms with E-state index in [1.165, 1.54) is 12.8 Å². The van der Waals surface area contributed by atoms with Gasteiger partial charge in [0.2, 0.25) is 7.44 Å². The lowest BCUT2D eigenvalue weighted by Crippen LogP contribution is -2.37. The van der Waals surface area contributed by atoms with Gasteiger partial charge in [-0.3, -0.25) is 14.2 Å². The molecule has 2 aliphatic heterocycles. The molecule has 0 spiro atoms. The lowest BCUT2D eigenvalue weighted by molar-refractivity contribution is -0.155. The number of hydrogen-bond acceptors (Lipinski definition) is 5. The number of rotatable bonds is 7. The van der Waals surface area contributed by atoms with Crippen molar-refractivity contribution in [1.29, 1.82) is 0 Å². The molecular formula is C23H34N3O4P. The summed E-state index contributed by atoms with van der Waals surface area (Å²) in [7, 11) is 1.13. The number of esters is 1. The van der Waals surface area contributed by atoms with Crippen molar-refractivity contribution >= 4 is 13.4 Å². The van der Waals surface area contributed by atoms with Crippen LogP contribution < -0.4 is 0 Å². The fourth-order valence-electron chi connectivity index (χ4n) is 4.88. The minimum atomic E-state index is -2.81. The monoisotopic (exact) mass is 447 g/mol. The molecule has 8 heteroatoms. The maximum atomic E-state index is 13.9. The molecule has 1 aromatic rings. The van der Waals surface area contributed by atoms with E-state index in [1.54, 1.807) is 5.06 Å². The molecule has 5 atom stereocenters. The van der Waals surface area contributed by atoms with Crippen molar-refractivity contribution in [3.8, 4) is 0 Å². The van der Waals surface area contributed by atoms with Gasteiger partial charge in [-0.25, -0.2) is 9.34 Å². The molecule has 0 N–H and O–H groups in total. The van der Waals surface area contributed by atoms with Crippen LogP contribution in [0.1, 0.15) is 45.1 Å². The van der Waals surface area contributed by atoms with Gasteiger partial charge in [0, 0.05) is 17.9 Å². The third-order valence-corrected chi connectivity index (χ3v) is 9.62. The van der Waals surface area contributed by atoms with Crippen LogP contribution in [0.2, 0.25) is 0 Å². The Balaban J connectivity index is 1.48. The second kappa shape index (κ2) is 9.16. The molecule has 1 aliphatic carbocycles. The number of likely N-dealkylation sites (N-methyl/N-ethyl adjacent to an activating group) is 2. The molecule has 0 aromatic heterocycles. The van der Waals surface area contributed by atoms with Crippen LogP contribution in [0.15, 0.2) is 42.2 Å². The SMILES string of the molecule is CC(C)OC(=O)[C@H]1[C@@H](/C=C/P2(=O)N(C)[C@@H]3CCCC[C@H]3N2C)N1OCc1ccccc1. The lowest BCUT2D eigenvalue weighted by Gasteiger charge is -2.28. The molecule has 2 heterocycles. The van der Waals surface area contributed by atoms with Crippen molar-refractivity contribution < 1.29 is 18.9 Å². The third-order valence-electron chi connectivity index (χ3n) is 6.65. The third kappa shape index (κ3) is 4.53. The highest BCUT2D eigenvalue weighted by atomic mass is 31.2. The molecule has 1 aromatic carbocycles. The standard InChI is InChI=1S/C23H34N3O4P/c1-17(2)30-23(27)22-21(26(22)29-16-18-10-6-5-7-11-18)14-15-31(28)24(3)19-12-8-9-13-20(19)25(31)4/h5-7,10-11,14-15,17,19-22H,8-9,12-13,16H2,1-4H3/b15-14+/t19-,20-,21-,22-,26?/m1/s1. The average Bonchev–Trinajstić information content (AvgIpc) is 3.44. The zero-order valence-corrected chi connectivity index (χ0v) is 19.8. The predicted molar refractivity (Wildman–Crippen MR) is 120 cm³/mol. The molecular weight excluding hydrogens is 413 g/mol. The van der Waals surface area contributed by atoms with Crippen LogP contribution in [0.3, 0.4) is 0 Å². The molecule has 7 nitrogen and oxygen atoms in total. The Hall–Kier alpha value is -1.50. The summed E-state index contributed by atoms with van der Waals surface area (Å²) in [4.78, 5) is 18.5. The zero-order valence-electron chi connectivity index (χ0n) is 18.9. The molecule has 170 valence electrons. The van der Waals surface area contributed by atoms with Gasteiger partial charge in [-0.1, -0.05) is 49.2 Å². The number of carbonyl (C=O) groups is 1. The fraction of sp³-hybridized carbons (Fsp3) is 0.609. The van der Waals surface area contributed by atoms with Gasteiger partial charge in [0.15, 0.2) is 6.04 Å². The van der Waals surface area contributed by atoms with Crippen LogP contribution in [-0.2, 0) is 25.5 Å². The lowest BCUT2D eigenvalue weighted by atomic mass is 9.91. The van der Waals surface area contributed by atoms with Crippen molar-refractivity contribution in [1.82, 2.24) is 14.4 Å². The van der Waals surface area contributed by atoms with Crippen molar-refractivity contribution in [2.45, 2.75) is 76.4 Å². The Morgan fingerprint density at radius 1 is 1.13 bits per heavy atom. The van der Waals surface area contributed by atoms with E-state index in [9.17, 15) is 9.36 Å². The summed E-state index contributed by atoms with van der Waals surface area (Å²) in [5, 5.41) is 1.66. The van der Waals surface area contributed by atoms with Gasteiger partial charge in [-0.2, -0.15) is 5.06 Å². The predicted octanol–water partition coefficient (Wildman–Crippen LogP) is 4.02. The number of carbonyl (C=O) groups excluding carboxylic acids is 1. The zero-order chi connectivity index (χ0) is 22.2. The minimum Gasteiger partial charge on any atom is -0.462 e. The van der Waals surface area contributed by atoms with E-state index in [2.05, 4.69) is 9.34 Å². The van der Waals surface area contributed by atoms with Crippen LogP contribution in [0.5, 0.6) is 0 Å². The van der Waals surface area contributed by atoms with Gasteiger partial charge in [0.05, 0.1) is 18.8 Å². The summed E-state index contributed by atoms with van der Waals surface area (Å²) in [5.74, 6) is 1.51. The van der Waals surface area contributed by atoms with Crippen LogP contribution in [0.4, 0.5) is 0 Å². The van der Waals surface area contributed by atoms with E-state index in [1.807, 2.05) is 70.2 Å². The smallest absolute Gasteiger partial charge is 0.328 e. The number of nitrogens with zero attached hydrogens (tertiary/aromatic N) is 3. The number of benzene rings is 1. The number of ether oxygens (including phenoxy) is 1. The molecule has 3 fully saturated rings. The summed E-state index contributed by atoms with van der Waals surface area (Å²) in [6.07, 6.45) is 6.24. The molecule has 31 heavy (non-hydrogen) atoms. The second-order valence-electron chi connectivity index (χ2n) is 9.04. The van der Waals surface area contributed by atoms with E-state index in [0.717, 1.165) is 18.4 Å². The molecule has 1 saturated carbocycles. The topological polar surface area (TPSA) is 62.1 Å². The van der Waals surface area contributed by atoms with E-state index >= 15 is 0 Å². The highest BCUT2D eigenvalue weighted by Crippen LogP contribution is 2.63. The molecule has 4 rings (SSSR count). The Bertz CT molecular complexity index is 840. The van der Waals surface area contributed by atoms with Crippen molar-refractivity contribution in [3.63, 3.8) is 0 Å². The van der Waals surface area contributed by atoms with Crippen molar-refractivity contribution in [2.75, 3.05) is 14.1 Å². The normalized spacial score (nSPS) is 33.0. The Kier molecular flexibility index (Phi) is 6.71. The Labute approximate surface area is 185 Å². The molecule has 3 aliphatic rings. The van der Waals surface area contributed by atoms with E-state index in [0.29, 0.717) is 18.7 Å². The number of hydrogen-bond donors (Lipinski definition) is 0. The first-order valence-corrected chi connectivity index (χ1v) is 12.9. The van der Waals surface area contributed by atoms with E-state index in [4.69, 9.17) is 9.57 Å². The Morgan fingerprint density at radius 2 is 1.74 bits per heavy atom. The molecule has 1 unspecified atom stereocenters. The highest BCUT2D eigenvalue weighted by Gasteiger charge is 2.56. The van der Waals surface area contributed by atoms with Crippen LogP contribution in [0.25, 0.3) is 0 Å². The van der Waals surface area contributed by atoms with E-state index in [-0.39, 0.29) is 18.1 Å². The maximum absolute atomic E-state index is 13.9. The number of fused-ring (bicyclic) bond motifs is 1. The van der Waals surface area contributed by atoms with Gasteiger partial charge >= 0.3 is 5.97 Å². The first-order chi connectivity index (χ1) is 14.8. The van der Waals surface area contributed by atoms with Crippen molar-refractivity contribution in [2.24, 2.45) is 0 Å². The van der Waals surface area contributed by atoms with Gasteiger partial charge in [-0.05, 0) is 46.3 Å². The summed E-state index contributed by atoms with van der Waals surface area (Å²) < 4.78 is 23.4. The first kappa shape index (κ1) is 22.7. The quantitative estimate of drug-likeness (QED) is 0.355. The summed E-state index contributed by atoms with van der Waals surface area (Å²) in [6, 6.07) is 9.73. The Morgan fingerprint density at radius 3 is 2.32 bits per heavy atom. The van der Waals surface area contributed by atoms with Gasteiger partial charge in [0.1, 0.15) is 0 Å². The fourth-order valence-corrected chi connectivity index (χ4v) is 7.53. The van der Waals surface area contributed by atoms with Gasteiger partial charge in [0.25, 0.3) is 0 Å². The second-order valence-corrected chi connectivity index (χ2v) is 11.8. The first-order valence-electron chi connectivity index (χ1n) is 11.2. The maximum Gasteiger partial charge on any atom is 0.328 e. The largest absolute Gasteiger partial charge is 0.462 e. The van der Waals surface area contributed by atoms with Gasteiger partial charge < -0.3 is 4.74 Å². The summed E-state index contributed by atoms with van der Waals surface area (Å²) in [5.41, 5.74) is 1.03. The van der Waals surface area contributed by atoms with Crippen LogP contribution >= 0.6 is 7.44 Å². The summed E-state index contributed by atoms with van der Waals surface area (Å²) in [6.45, 7) is 4.05. The molecule has 2 saturated heterocycles.